The molecule has 3 heterocycles. The number of nitrogens with one attached hydrogen (secondary N) is 1. The van der Waals surface area contributed by atoms with Crippen LogP contribution in [0.1, 0.15) is 48.6 Å². The fourth-order valence-corrected chi connectivity index (χ4v) is 5.59. The van der Waals surface area contributed by atoms with E-state index in [2.05, 4.69) is 93.1 Å². The number of benzene rings is 2. The van der Waals surface area contributed by atoms with Gasteiger partial charge in [0.2, 0.25) is 0 Å². The first kappa shape index (κ1) is 24.5. The molecule has 36 heavy (non-hydrogen) atoms. The molecule has 0 spiro atoms. The van der Waals surface area contributed by atoms with Gasteiger partial charge in [0.1, 0.15) is 5.75 Å². The zero-order valence-corrected chi connectivity index (χ0v) is 23.2. The summed E-state index contributed by atoms with van der Waals surface area (Å²) in [5.41, 5.74) is 6.66. The smallest absolute Gasteiger partial charge is 0.174 e. The number of thiocarbonyl (C=S) groups is 1. The number of hydrogen-bond donors (Lipinski definition) is 1. The molecule has 1 aliphatic rings. The van der Waals surface area contributed by atoms with Crippen LogP contribution in [0.15, 0.2) is 83.5 Å². The van der Waals surface area contributed by atoms with E-state index in [9.17, 15) is 0 Å². The van der Waals surface area contributed by atoms with Gasteiger partial charge >= 0.3 is 0 Å². The Bertz CT molecular complexity index is 1370. The van der Waals surface area contributed by atoms with E-state index in [0.717, 1.165) is 27.3 Å². The van der Waals surface area contributed by atoms with Crippen molar-refractivity contribution in [3.05, 3.63) is 106 Å². The van der Waals surface area contributed by atoms with Crippen LogP contribution in [0.4, 0.5) is 5.69 Å². The van der Waals surface area contributed by atoms with E-state index in [0.29, 0.717) is 5.11 Å². The molecule has 0 unspecified atom stereocenters. The third-order valence-corrected chi connectivity index (χ3v) is 7.30. The fraction of sp³-hybridized carbons (Fsp3) is 0.241. The lowest BCUT2D eigenvalue weighted by Crippen LogP contribution is -2.29. The van der Waals surface area contributed by atoms with Crippen LogP contribution < -0.4 is 15.0 Å². The molecule has 0 amide bonds. The Balaban J connectivity index is 1.62. The summed E-state index contributed by atoms with van der Waals surface area (Å²) in [6, 6.07) is 24.7. The molecule has 7 heteroatoms. The van der Waals surface area contributed by atoms with Crippen LogP contribution in [-0.2, 0) is 0 Å². The number of rotatable bonds is 6. The number of halogens is 1. The first-order valence-electron chi connectivity index (χ1n) is 12.1. The molecule has 1 fully saturated rings. The van der Waals surface area contributed by atoms with E-state index >= 15 is 0 Å². The van der Waals surface area contributed by atoms with Crippen molar-refractivity contribution in [2.24, 2.45) is 0 Å². The third kappa shape index (κ3) is 4.65. The number of nitrogens with zero attached hydrogens (tertiary/aromatic N) is 3. The first-order valence-corrected chi connectivity index (χ1v) is 13.3. The third-order valence-electron chi connectivity index (χ3n) is 6.46. The van der Waals surface area contributed by atoms with Gasteiger partial charge in [-0.15, -0.1) is 0 Å². The van der Waals surface area contributed by atoms with Crippen LogP contribution in [0.25, 0.3) is 5.69 Å². The highest BCUT2D eigenvalue weighted by Crippen LogP contribution is 2.44. The van der Waals surface area contributed by atoms with Crippen molar-refractivity contribution in [2.75, 3.05) is 4.90 Å². The molecule has 5 rings (SSSR count). The van der Waals surface area contributed by atoms with Gasteiger partial charge in [0, 0.05) is 33.4 Å². The molecular formula is C29H29BrN4OS. The maximum absolute atomic E-state index is 5.91. The van der Waals surface area contributed by atoms with Crippen LogP contribution >= 0.6 is 28.1 Å². The number of ether oxygens (including phenoxy) is 1. The highest BCUT2D eigenvalue weighted by atomic mass is 79.9. The van der Waals surface area contributed by atoms with E-state index in [1.165, 1.54) is 17.0 Å². The molecular weight excluding hydrogens is 532 g/mol. The summed E-state index contributed by atoms with van der Waals surface area (Å²) >= 11 is 9.47. The number of aryl methyl sites for hydroxylation is 1. The molecule has 5 nitrogen and oxygen atoms in total. The second-order valence-corrected chi connectivity index (χ2v) is 10.6. The molecule has 1 saturated heterocycles. The lowest BCUT2D eigenvalue weighted by Gasteiger charge is -2.28. The Morgan fingerprint density at radius 3 is 2.31 bits per heavy atom. The minimum atomic E-state index is -0.0934. The van der Waals surface area contributed by atoms with E-state index in [4.69, 9.17) is 21.9 Å². The highest BCUT2D eigenvalue weighted by molar-refractivity contribution is 9.10. The van der Waals surface area contributed by atoms with Crippen LogP contribution in [0.3, 0.4) is 0 Å². The molecule has 2 aromatic heterocycles. The summed E-state index contributed by atoms with van der Waals surface area (Å²) in [6.07, 6.45) is 1.96. The van der Waals surface area contributed by atoms with Crippen molar-refractivity contribution in [2.45, 2.75) is 45.9 Å². The normalized spacial score (nSPS) is 17.5. The average Bonchev–Trinajstić information content (AvgIpc) is 3.35. The minimum absolute atomic E-state index is 0.0698. The SMILES string of the molecule is Cc1cc([C@@H]2[C@@H](c3ccccn3)NC(=S)N2c2ccc(OC(C)C)cc2)c(C)n1-c1ccc(Br)cc1. The highest BCUT2D eigenvalue weighted by Gasteiger charge is 2.42. The summed E-state index contributed by atoms with van der Waals surface area (Å²) < 4.78 is 9.24. The lowest BCUT2D eigenvalue weighted by molar-refractivity contribution is 0.242. The number of hydrogen-bond acceptors (Lipinski definition) is 3. The van der Waals surface area contributed by atoms with Gasteiger partial charge in [0.05, 0.1) is 23.9 Å². The summed E-state index contributed by atoms with van der Waals surface area (Å²) in [4.78, 5) is 6.90. The molecule has 184 valence electrons. The Morgan fingerprint density at radius 1 is 0.972 bits per heavy atom. The van der Waals surface area contributed by atoms with Crippen molar-refractivity contribution in [1.29, 1.82) is 0 Å². The van der Waals surface area contributed by atoms with E-state index in [1.54, 1.807) is 0 Å². The summed E-state index contributed by atoms with van der Waals surface area (Å²) in [5.74, 6) is 0.845. The van der Waals surface area contributed by atoms with Crippen molar-refractivity contribution in [1.82, 2.24) is 14.9 Å². The van der Waals surface area contributed by atoms with Gasteiger partial charge in [0.25, 0.3) is 0 Å². The van der Waals surface area contributed by atoms with Gasteiger partial charge in [-0.25, -0.2) is 0 Å². The van der Waals surface area contributed by atoms with E-state index in [1.807, 2.05) is 44.3 Å². The Hall–Kier alpha value is -3.16. The summed E-state index contributed by atoms with van der Waals surface area (Å²) in [7, 11) is 0. The zero-order chi connectivity index (χ0) is 25.4. The lowest BCUT2D eigenvalue weighted by atomic mass is 9.96. The van der Waals surface area contributed by atoms with Gasteiger partial charge in [0.15, 0.2) is 5.11 Å². The predicted molar refractivity (Wildman–Crippen MR) is 153 cm³/mol. The number of anilines is 1. The Kier molecular flexibility index (Phi) is 6.86. The number of pyridine rings is 1. The molecule has 1 N–H and O–H groups in total. The first-order chi connectivity index (χ1) is 17.3. The quantitative estimate of drug-likeness (QED) is 0.252. The molecule has 1 aliphatic heterocycles. The minimum Gasteiger partial charge on any atom is -0.491 e. The second kappa shape index (κ2) is 10.1. The maximum atomic E-state index is 5.91. The van der Waals surface area contributed by atoms with Gasteiger partial charge in [-0.2, -0.15) is 0 Å². The predicted octanol–water partition coefficient (Wildman–Crippen LogP) is 7.22. The maximum Gasteiger partial charge on any atom is 0.174 e. The number of aromatic nitrogens is 2. The molecule has 0 radical (unpaired) electrons. The molecule has 0 aliphatic carbocycles. The molecule has 4 aromatic rings. The van der Waals surface area contributed by atoms with Gasteiger partial charge in [-0.1, -0.05) is 22.0 Å². The Labute approximate surface area is 226 Å². The fourth-order valence-electron chi connectivity index (χ4n) is 4.98. The van der Waals surface area contributed by atoms with Gasteiger partial charge < -0.3 is 19.5 Å². The molecule has 0 saturated carbocycles. The molecule has 2 aromatic carbocycles. The van der Waals surface area contributed by atoms with E-state index in [-0.39, 0.29) is 18.2 Å². The molecule has 0 bridgehead atoms. The topological polar surface area (TPSA) is 42.3 Å². The van der Waals surface area contributed by atoms with Crippen LogP contribution in [-0.4, -0.2) is 20.8 Å². The summed E-state index contributed by atoms with van der Waals surface area (Å²) in [6.45, 7) is 8.39. The van der Waals surface area contributed by atoms with Crippen LogP contribution in [0, 0.1) is 13.8 Å². The largest absolute Gasteiger partial charge is 0.491 e. The van der Waals surface area contributed by atoms with Crippen molar-refractivity contribution < 1.29 is 4.74 Å². The van der Waals surface area contributed by atoms with Crippen LogP contribution in [0.2, 0.25) is 0 Å². The van der Waals surface area contributed by atoms with Gasteiger partial charge in [-0.3, -0.25) is 4.98 Å². The average molecular weight is 562 g/mol. The monoisotopic (exact) mass is 560 g/mol. The van der Waals surface area contributed by atoms with Crippen molar-refractivity contribution >= 4 is 38.9 Å². The standard InChI is InChI=1S/C29H29BrN4OS/c1-18(2)35-24-14-12-23(13-15-24)34-28(27(32-29(34)36)26-7-5-6-16-31-26)25-17-19(3)33(20(25)4)22-10-8-21(30)9-11-22/h5-18,27-28H,1-4H3,(H,32,36)/t27-,28-/m1/s1. The zero-order valence-electron chi connectivity index (χ0n) is 20.8. The van der Waals surface area contributed by atoms with Crippen molar-refractivity contribution in [3.8, 4) is 11.4 Å². The van der Waals surface area contributed by atoms with Crippen molar-refractivity contribution in [3.63, 3.8) is 0 Å². The van der Waals surface area contributed by atoms with Gasteiger partial charge in [-0.05, 0) is 112 Å². The van der Waals surface area contributed by atoms with E-state index < -0.39 is 0 Å². The second-order valence-electron chi connectivity index (χ2n) is 9.30. The van der Waals surface area contributed by atoms with Crippen LogP contribution in [0.5, 0.6) is 5.75 Å². The molecule has 2 atom stereocenters. The Morgan fingerprint density at radius 2 is 1.67 bits per heavy atom. The summed E-state index contributed by atoms with van der Waals surface area (Å²) in [5, 5.41) is 4.25.